The highest BCUT2D eigenvalue weighted by Crippen LogP contribution is 2.34. The first-order valence-corrected chi connectivity index (χ1v) is 14.4. The molecular formula is C34H39N3O5. The quantitative estimate of drug-likeness (QED) is 0.205. The molecule has 8 heteroatoms. The average molecular weight is 570 g/mol. The van der Waals surface area contributed by atoms with E-state index < -0.39 is 0 Å². The fraction of sp³-hybridized carbons (Fsp3) is 0.353. The van der Waals surface area contributed by atoms with Crippen molar-refractivity contribution in [1.29, 1.82) is 0 Å². The van der Waals surface area contributed by atoms with Gasteiger partial charge in [-0.3, -0.25) is 14.4 Å². The molecule has 1 aliphatic rings. The molecule has 42 heavy (non-hydrogen) atoms. The summed E-state index contributed by atoms with van der Waals surface area (Å²) < 4.78 is 5.13. The van der Waals surface area contributed by atoms with Crippen LogP contribution in [0.4, 0.5) is 5.69 Å². The lowest BCUT2D eigenvalue weighted by Gasteiger charge is -2.32. The zero-order chi connectivity index (χ0) is 30.6. The van der Waals surface area contributed by atoms with Crippen LogP contribution in [0.3, 0.4) is 0 Å². The predicted molar refractivity (Wildman–Crippen MR) is 165 cm³/mol. The lowest BCUT2D eigenvalue weighted by Crippen LogP contribution is -2.39. The molecule has 2 aromatic carbocycles. The molecule has 1 atom stereocenters. The molecule has 1 saturated heterocycles. The monoisotopic (exact) mass is 569 g/mol. The van der Waals surface area contributed by atoms with Gasteiger partial charge in [0, 0.05) is 54.6 Å². The second kappa shape index (κ2) is 13.0. The Bertz CT molecular complexity index is 1570. The molecule has 1 fully saturated rings. The number of pyridine rings is 1. The first kappa shape index (κ1) is 30.5. The Labute approximate surface area is 247 Å². The van der Waals surface area contributed by atoms with Crippen LogP contribution in [-0.4, -0.2) is 59.8 Å². The van der Waals surface area contributed by atoms with Crippen molar-refractivity contribution in [2.45, 2.75) is 53.5 Å². The zero-order valence-electron chi connectivity index (χ0n) is 25.1. The number of hydrogen-bond acceptors (Lipinski definition) is 6. The molecule has 0 radical (unpaired) electrons. The minimum Gasteiger partial charge on any atom is -0.462 e. The van der Waals surface area contributed by atoms with Crippen molar-refractivity contribution in [3.63, 3.8) is 0 Å². The van der Waals surface area contributed by atoms with Gasteiger partial charge in [-0.1, -0.05) is 18.7 Å². The van der Waals surface area contributed by atoms with Crippen molar-refractivity contribution < 1.29 is 19.1 Å². The van der Waals surface area contributed by atoms with Gasteiger partial charge < -0.3 is 19.5 Å². The Hall–Kier alpha value is -4.46. The molecular weight excluding hydrogens is 530 g/mol. The van der Waals surface area contributed by atoms with Gasteiger partial charge in [-0.05, 0) is 99.7 Å². The standard InChI is InChI=1S/C34H39N3O5/c1-7-32(39)36-15-14-27(20-36)37(8-2)30-18-26(24-10-12-25(13-11-24)34(41)42-9-3)17-29(23(30)6)31(38)19-28-21(4)16-22(5)35-33(28)40/h7,10-13,16-18,27H,1,8-9,14-15,19-20H2,2-6H3,(H,35,40). The number of benzene rings is 2. The van der Waals surface area contributed by atoms with Crippen LogP contribution in [-0.2, 0) is 16.0 Å². The summed E-state index contributed by atoms with van der Waals surface area (Å²) in [6, 6.07) is 13.0. The van der Waals surface area contributed by atoms with E-state index in [1.54, 1.807) is 24.0 Å². The first-order chi connectivity index (χ1) is 20.1. The Kier molecular flexibility index (Phi) is 9.45. The second-order valence-electron chi connectivity index (χ2n) is 10.7. The number of esters is 1. The maximum atomic E-state index is 13.9. The van der Waals surface area contributed by atoms with Crippen molar-refractivity contribution in [2.75, 3.05) is 31.1 Å². The fourth-order valence-electron chi connectivity index (χ4n) is 5.77. The summed E-state index contributed by atoms with van der Waals surface area (Å²) in [7, 11) is 0. The van der Waals surface area contributed by atoms with Crippen LogP contribution in [0.15, 0.2) is 59.9 Å². The van der Waals surface area contributed by atoms with E-state index in [1.165, 1.54) is 6.08 Å². The highest BCUT2D eigenvalue weighted by atomic mass is 16.5. The SMILES string of the molecule is C=CC(=O)N1CCC(N(CC)c2cc(-c3ccc(C(=O)OCC)cc3)cc(C(=O)Cc3c(C)cc(C)[nH]c3=O)c2C)C1. The third-order valence-electron chi connectivity index (χ3n) is 7.98. The van der Waals surface area contributed by atoms with Crippen LogP contribution in [0.1, 0.15) is 63.4 Å². The number of rotatable bonds is 10. The van der Waals surface area contributed by atoms with Crippen molar-refractivity contribution in [3.8, 4) is 11.1 Å². The van der Waals surface area contributed by atoms with Crippen molar-refractivity contribution in [2.24, 2.45) is 0 Å². The molecule has 0 aliphatic carbocycles. The van der Waals surface area contributed by atoms with E-state index in [0.717, 1.165) is 40.1 Å². The number of ketones is 1. The summed E-state index contributed by atoms with van der Waals surface area (Å²) in [6.45, 7) is 15.2. The lowest BCUT2D eigenvalue weighted by atomic mass is 9.91. The summed E-state index contributed by atoms with van der Waals surface area (Å²) in [5.74, 6) is -0.627. The van der Waals surface area contributed by atoms with Crippen LogP contribution in [0.2, 0.25) is 0 Å². The van der Waals surface area contributed by atoms with Gasteiger partial charge in [0.1, 0.15) is 0 Å². The van der Waals surface area contributed by atoms with Crippen molar-refractivity contribution in [3.05, 3.63) is 99.0 Å². The van der Waals surface area contributed by atoms with E-state index >= 15 is 0 Å². The Morgan fingerprint density at radius 2 is 1.79 bits per heavy atom. The summed E-state index contributed by atoms with van der Waals surface area (Å²) in [4.78, 5) is 58.0. The molecule has 0 spiro atoms. The van der Waals surface area contributed by atoms with Crippen LogP contribution in [0.25, 0.3) is 11.1 Å². The van der Waals surface area contributed by atoms with E-state index in [-0.39, 0.29) is 35.7 Å². The minimum absolute atomic E-state index is 0.0237. The Balaban J connectivity index is 1.79. The maximum absolute atomic E-state index is 13.9. The molecule has 0 saturated carbocycles. The van der Waals surface area contributed by atoms with E-state index in [4.69, 9.17) is 4.74 Å². The Morgan fingerprint density at radius 1 is 1.07 bits per heavy atom. The van der Waals surface area contributed by atoms with Gasteiger partial charge in [-0.25, -0.2) is 4.79 Å². The number of likely N-dealkylation sites (tertiary alicyclic amines) is 1. The van der Waals surface area contributed by atoms with Gasteiger partial charge >= 0.3 is 5.97 Å². The number of amides is 1. The highest BCUT2D eigenvalue weighted by molar-refractivity contribution is 6.02. The van der Waals surface area contributed by atoms with E-state index in [1.807, 2.05) is 45.0 Å². The van der Waals surface area contributed by atoms with Crippen molar-refractivity contribution in [1.82, 2.24) is 9.88 Å². The van der Waals surface area contributed by atoms with E-state index in [0.29, 0.717) is 42.9 Å². The third kappa shape index (κ3) is 6.38. The number of nitrogens with one attached hydrogen (secondary N) is 1. The molecule has 0 bridgehead atoms. The number of Topliss-reactive ketones (excluding diaryl/α,β-unsaturated/α-hetero) is 1. The molecule has 1 unspecified atom stereocenters. The summed E-state index contributed by atoms with van der Waals surface area (Å²) in [5.41, 5.74) is 6.10. The number of aromatic nitrogens is 1. The van der Waals surface area contributed by atoms with Gasteiger partial charge in [0.2, 0.25) is 5.91 Å². The number of nitrogens with zero attached hydrogens (tertiary/aromatic N) is 2. The summed E-state index contributed by atoms with van der Waals surface area (Å²) >= 11 is 0. The lowest BCUT2D eigenvalue weighted by molar-refractivity contribution is -0.125. The first-order valence-electron chi connectivity index (χ1n) is 14.4. The molecule has 1 amide bonds. The third-order valence-corrected chi connectivity index (χ3v) is 7.98. The number of aryl methyl sites for hydroxylation is 2. The van der Waals surface area contributed by atoms with Gasteiger partial charge in [-0.15, -0.1) is 0 Å². The maximum Gasteiger partial charge on any atom is 0.338 e. The Morgan fingerprint density at radius 3 is 2.40 bits per heavy atom. The highest BCUT2D eigenvalue weighted by Gasteiger charge is 2.31. The zero-order valence-corrected chi connectivity index (χ0v) is 25.1. The number of aromatic amines is 1. The molecule has 220 valence electrons. The normalized spacial score (nSPS) is 14.5. The number of carbonyl (C=O) groups is 3. The van der Waals surface area contributed by atoms with Crippen LogP contribution >= 0.6 is 0 Å². The smallest absolute Gasteiger partial charge is 0.338 e. The molecule has 4 rings (SSSR count). The average Bonchev–Trinajstić information content (AvgIpc) is 3.46. The number of H-pyrrole nitrogens is 1. The number of ether oxygens (including phenoxy) is 1. The second-order valence-corrected chi connectivity index (χ2v) is 10.7. The van der Waals surface area contributed by atoms with Gasteiger partial charge in [-0.2, -0.15) is 0 Å². The summed E-state index contributed by atoms with van der Waals surface area (Å²) in [6.07, 6.45) is 2.12. The molecule has 1 aromatic heterocycles. The van der Waals surface area contributed by atoms with Crippen LogP contribution in [0, 0.1) is 20.8 Å². The summed E-state index contributed by atoms with van der Waals surface area (Å²) in [5, 5.41) is 0. The molecule has 1 N–H and O–H groups in total. The van der Waals surface area contributed by atoms with Crippen molar-refractivity contribution >= 4 is 23.3 Å². The fourth-order valence-corrected chi connectivity index (χ4v) is 5.77. The number of hydrogen-bond donors (Lipinski definition) is 1. The molecule has 8 nitrogen and oxygen atoms in total. The molecule has 2 heterocycles. The van der Waals surface area contributed by atoms with Crippen LogP contribution < -0.4 is 10.5 Å². The topological polar surface area (TPSA) is 99.8 Å². The molecule has 1 aliphatic heterocycles. The predicted octanol–water partition coefficient (Wildman–Crippen LogP) is 5.18. The van der Waals surface area contributed by atoms with Gasteiger partial charge in [0.05, 0.1) is 12.2 Å². The van der Waals surface area contributed by atoms with Gasteiger partial charge in [0.25, 0.3) is 5.56 Å². The number of anilines is 1. The molecule has 3 aromatic rings. The minimum atomic E-state index is -0.389. The van der Waals surface area contributed by atoms with Gasteiger partial charge in [0.15, 0.2) is 5.78 Å². The largest absolute Gasteiger partial charge is 0.462 e. The van der Waals surface area contributed by atoms with E-state index in [2.05, 4.69) is 29.5 Å². The van der Waals surface area contributed by atoms with Crippen LogP contribution in [0.5, 0.6) is 0 Å². The van der Waals surface area contributed by atoms with E-state index in [9.17, 15) is 19.2 Å². The number of carbonyl (C=O) groups excluding carboxylic acids is 3. The number of likely N-dealkylation sites (N-methyl/N-ethyl adjacent to an activating group) is 1.